The minimum atomic E-state index is -0.722. The maximum atomic E-state index is 10.2. The van der Waals surface area contributed by atoms with Crippen LogP contribution in [0.5, 0.6) is 0 Å². The van der Waals surface area contributed by atoms with Gasteiger partial charge in [-0.15, -0.1) is 6.58 Å². The van der Waals surface area contributed by atoms with E-state index in [9.17, 15) is 4.79 Å². The number of hydrogen-bond acceptors (Lipinski definition) is 3. The van der Waals surface area contributed by atoms with Crippen molar-refractivity contribution in [3.8, 4) is 0 Å². The molecule has 0 fully saturated rings. The number of hydrogen-bond donors (Lipinski definition) is 2. The molecule has 1 atom stereocenters. The number of nitrogens with two attached hydrogens (primary N) is 1. The molecule has 4 nitrogen and oxygen atoms in total. The van der Waals surface area contributed by atoms with E-state index in [4.69, 9.17) is 5.73 Å². The number of amides is 1. The summed E-state index contributed by atoms with van der Waals surface area (Å²) < 4.78 is 4.55. The van der Waals surface area contributed by atoms with Crippen LogP contribution in [0.25, 0.3) is 0 Å². The molecule has 0 bridgehead atoms. The van der Waals surface area contributed by atoms with Crippen molar-refractivity contribution >= 4 is 6.09 Å². The van der Waals surface area contributed by atoms with E-state index in [0.29, 0.717) is 19.2 Å². The molecule has 0 aliphatic rings. The van der Waals surface area contributed by atoms with Crippen molar-refractivity contribution in [1.29, 1.82) is 0 Å². The van der Waals surface area contributed by atoms with Crippen LogP contribution in [0, 0.1) is 0 Å². The largest absolute Gasteiger partial charge is 0.448 e. The molecule has 0 radical (unpaired) electrons. The highest BCUT2D eigenvalue weighted by molar-refractivity contribution is 5.64. The summed E-state index contributed by atoms with van der Waals surface area (Å²) in [5.41, 5.74) is 4.79. The summed E-state index contributed by atoms with van der Waals surface area (Å²) in [7, 11) is 0. The van der Waals surface area contributed by atoms with E-state index in [1.54, 1.807) is 0 Å². The summed E-state index contributed by atoms with van der Waals surface area (Å²) in [6.45, 7) is 6.68. The van der Waals surface area contributed by atoms with E-state index in [2.05, 4.69) is 23.6 Å². The van der Waals surface area contributed by atoms with E-state index in [0.717, 1.165) is 12.8 Å². The van der Waals surface area contributed by atoms with E-state index >= 15 is 0 Å². The Hall–Kier alpha value is -1.03. The van der Waals surface area contributed by atoms with Gasteiger partial charge in [-0.1, -0.05) is 6.08 Å². The first kappa shape index (κ1) is 12.0. The quantitative estimate of drug-likeness (QED) is 0.461. The lowest BCUT2D eigenvalue weighted by atomic mass is 10.2. The molecule has 0 saturated carbocycles. The zero-order valence-corrected chi connectivity index (χ0v) is 8.08. The Morgan fingerprint density at radius 3 is 3.00 bits per heavy atom. The molecule has 0 aromatic carbocycles. The Kier molecular flexibility index (Phi) is 7.01. The zero-order valence-electron chi connectivity index (χ0n) is 8.08. The normalized spacial score (nSPS) is 12.1. The van der Waals surface area contributed by atoms with Crippen LogP contribution in [0.15, 0.2) is 12.7 Å². The van der Waals surface area contributed by atoms with Crippen LogP contribution in [0.4, 0.5) is 4.79 Å². The van der Waals surface area contributed by atoms with Gasteiger partial charge in [0.05, 0.1) is 0 Å². The Morgan fingerprint density at radius 2 is 2.46 bits per heavy atom. The lowest BCUT2D eigenvalue weighted by Gasteiger charge is -2.11. The molecule has 76 valence electrons. The lowest BCUT2D eigenvalue weighted by molar-refractivity contribution is 0.156. The minimum Gasteiger partial charge on any atom is -0.448 e. The maximum Gasteiger partial charge on any atom is 0.404 e. The molecular formula is C9H18N2O2. The third-order valence-corrected chi connectivity index (χ3v) is 1.64. The Balaban J connectivity index is 3.21. The number of carbonyl (C=O) groups is 1. The van der Waals surface area contributed by atoms with Gasteiger partial charge in [-0.3, -0.25) is 0 Å². The van der Waals surface area contributed by atoms with Gasteiger partial charge in [0.1, 0.15) is 6.61 Å². The third kappa shape index (κ3) is 8.88. The van der Waals surface area contributed by atoms with Crippen LogP contribution in [-0.2, 0) is 4.74 Å². The highest BCUT2D eigenvalue weighted by atomic mass is 16.5. The first-order valence-electron chi connectivity index (χ1n) is 4.43. The van der Waals surface area contributed by atoms with Crippen LogP contribution in [0.1, 0.15) is 19.8 Å². The highest BCUT2D eigenvalue weighted by Crippen LogP contribution is 1.95. The van der Waals surface area contributed by atoms with Crippen molar-refractivity contribution in [2.45, 2.75) is 25.8 Å². The standard InChI is InChI=1S/C9H18N2O2/c1-3-4-5-8(2)11-6-7-13-9(10)12/h3,8,11H,1,4-7H2,2H3,(H2,10,12). The second-order valence-electron chi connectivity index (χ2n) is 2.89. The van der Waals surface area contributed by atoms with Gasteiger partial charge in [0.25, 0.3) is 0 Å². The summed E-state index contributed by atoms with van der Waals surface area (Å²) >= 11 is 0. The fourth-order valence-electron chi connectivity index (χ4n) is 0.927. The molecule has 0 aromatic heterocycles. The summed E-state index contributed by atoms with van der Waals surface area (Å²) in [4.78, 5) is 10.2. The Morgan fingerprint density at radius 1 is 1.77 bits per heavy atom. The molecule has 3 N–H and O–H groups in total. The smallest absolute Gasteiger partial charge is 0.404 e. The summed E-state index contributed by atoms with van der Waals surface area (Å²) in [5.74, 6) is 0. The average Bonchev–Trinajstić information content (AvgIpc) is 2.08. The average molecular weight is 186 g/mol. The molecule has 0 heterocycles. The molecule has 1 amide bonds. The van der Waals surface area contributed by atoms with Gasteiger partial charge < -0.3 is 15.8 Å². The number of primary amides is 1. The number of carbonyl (C=O) groups excluding carboxylic acids is 1. The summed E-state index contributed by atoms with van der Waals surface area (Å²) in [6, 6.07) is 0.412. The maximum absolute atomic E-state index is 10.2. The van der Waals surface area contributed by atoms with Crippen molar-refractivity contribution < 1.29 is 9.53 Å². The van der Waals surface area contributed by atoms with Gasteiger partial charge in [0.15, 0.2) is 0 Å². The fraction of sp³-hybridized carbons (Fsp3) is 0.667. The topological polar surface area (TPSA) is 64.3 Å². The predicted molar refractivity (Wildman–Crippen MR) is 52.4 cm³/mol. The predicted octanol–water partition coefficient (Wildman–Crippen LogP) is 1.03. The number of rotatable bonds is 7. The van der Waals surface area contributed by atoms with Crippen LogP contribution < -0.4 is 11.1 Å². The van der Waals surface area contributed by atoms with Crippen LogP contribution in [0.2, 0.25) is 0 Å². The molecule has 0 aromatic rings. The molecule has 0 aliphatic carbocycles. The summed E-state index contributed by atoms with van der Waals surface area (Å²) in [5, 5.41) is 3.19. The van der Waals surface area contributed by atoms with E-state index in [1.807, 2.05) is 6.08 Å². The first-order valence-corrected chi connectivity index (χ1v) is 4.43. The molecule has 0 spiro atoms. The molecule has 13 heavy (non-hydrogen) atoms. The fourth-order valence-corrected chi connectivity index (χ4v) is 0.927. The van der Waals surface area contributed by atoms with Gasteiger partial charge in [-0.25, -0.2) is 4.79 Å². The van der Waals surface area contributed by atoms with E-state index in [-0.39, 0.29) is 0 Å². The second kappa shape index (κ2) is 7.61. The Labute approximate surface area is 79.1 Å². The van der Waals surface area contributed by atoms with E-state index < -0.39 is 6.09 Å². The first-order chi connectivity index (χ1) is 6.16. The van der Waals surface area contributed by atoms with Gasteiger partial charge in [0, 0.05) is 12.6 Å². The molecule has 0 aliphatic heterocycles. The number of allylic oxidation sites excluding steroid dienone is 1. The van der Waals surface area contributed by atoms with Crippen molar-refractivity contribution in [2.75, 3.05) is 13.2 Å². The molecule has 0 saturated heterocycles. The van der Waals surface area contributed by atoms with Crippen molar-refractivity contribution in [3.63, 3.8) is 0 Å². The van der Waals surface area contributed by atoms with Gasteiger partial charge in [-0.2, -0.15) is 0 Å². The van der Waals surface area contributed by atoms with Crippen molar-refractivity contribution in [3.05, 3.63) is 12.7 Å². The molecule has 1 unspecified atom stereocenters. The van der Waals surface area contributed by atoms with Gasteiger partial charge in [0.2, 0.25) is 0 Å². The number of nitrogens with one attached hydrogen (secondary N) is 1. The van der Waals surface area contributed by atoms with Crippen molar-refractivity contribution in [2.24, 2.45) is 5.73 Å². The second-order valence-corrected chi connectivity index (χ2v) is 2.89. The monoisotopic (exact) mass is 186 g/mol. The van der Waals surface area contributed by atoms with Gasteiger partial charge >= 0.3 is 6.09 Å². The van der Waals surface area contributed by atoms with Crippen LogP contribution in [-0.4, -0.2) is 25.3 Å². The number of ether oxygens (including phenoxy) is 1. The minimum absolute atomic E-state index is 0.327. The van der Waals surface area contributed by atoms with Gasteiger partial charge in [-0.05, 0) is 19.8 Å². The Bertz CT molecular complexity index is 160. The molecule has 4 heteroatoms. The SMILES string of the molecule is C=CCCC(C)NCCOC(N)=O. The van der Waals surface area contributed by atoms with Crippen LogP contribution in [0.3, 0.4) is 0 Å². The zero-order chi connectivity index (χ0) is 10.1. The van der Waals surface area contributed by atoms with Crippen LogP contribution >= 0.6 is 0 Å². The molecular weight excluding hydrogens is 168 g/mol. The third-order valence-electron chi connectivity index (χ3n) is 1.64. The highest BCUT2D eigenvalue weighted by Gasteiger charge is 1.99. The van der Waals surface area contributed by atoms with E-state index in [1.165, 1.54) is 0 Å². The van der Waals surface area contributed by atoms with Crippen molar-refractivity contribution in [1.82, 2.24) is 5.32 Å². The lowest BCUT2D eigenvalue weighted by Crippen LogP contribution is -2.30. The molecule has 0 rings (SSSR count). The summed E-state index contributed by atoms with van der Waals surface area (Å²) in [6.07, 6.45) is 3.20.